The van der Waals surface area contributed by atoms with E-state index in [1.165, 1.54) is 23.3 Å². The number of anilines is 3. The maximum atomic E-state index is 12.4. The molecule has 0 radical (unpaired) electrons. The molecule has 1 aliphatic rings. The smallest absolute Gasteiger partial charge is 0.250 e. The average molecular weight is 460 g/mol. The number of hydrogen-bond acceptors (Lipinski definition) is 7. The van der Waals surface area contributed by atoms with E-state index in [2.05, 4.69) is 37.0 Å². The van der Waals surface area contributed by atoms with Gasteiger partial charge in [-0.25, -0.2) is 4.98 Å². The van der Waals surface area contributed by atoms with Crippen LogP contribution in [-0.2, 0) is 22.4 Å². The van der Waals surface area contributed by atoms with Gasteiger partial charge in [0.05, 0.1) is 11.7 Å². The molecule has 9 nitrogen and oxygen atoms in total. The van der Waals surface area contributed by atoms with Gasteiger partial charge in [0.15, 0.2) is 0 Å². The number of rotatable bonds is 9. The number of nitrogens with one attached hydrogen (secondary N) is 3. The van der Waals surface area contributed by atoms with Crippen LogP contribution in [0.4, 0.5) is 17.5 Å². The third-order valence-electron chi connectivity index (χ3n) is 5.60. The topological polar surface area (TPSA) is 112 Å². The van der Waals surface area contributed by atoms with Crippen LogP contribution in [0.5, 0.6) is 0 Å². The second-order valence-corrected chi connectivity index (χ2v) is 8.48. The van der Waals surface area contributed by atoms with Crippen molar-refractivity contribution in [3.63, 3.8) is 0 Å². The van der Waals surface area contributed by atoms with Crippen molar-refractivity contribution in [3.05, 3.63) is 59.9 Å². The first kappa shape index (κ1) is 23.3. The lowest BCUT2D eigenvalue weighted by Gasteiger charge is -2.13. The van der Waals surface area contributed by atoms with E-state index in [0.29, 0.717) is 17.9 Å². The van der Waals surface area contributed by atoms with Crippen LogP contribution < -0.4 is 16.0 Å². The van der Waals surface area contributed by atoms with E-state index in [-0.39, 0.29) is 11.9 Å². The molecule has 3 aromatic rings. The van der Waals surface area contributed by atoms with Crippen molar-refractivity contribution in [2.45, 2.75) is 25.7 Å². The Morgan fingerprint density at radius 2 is 1.94 bits per heavy atom. The Kier molecular flexibility index (Phi) is 7.44. The summed E-state index contributed by atoms with van der Waals surface area (Å²) in [7, 11) is 3.95. The lowest BCUT2D eigenvalue weighted by Crippen LogP contribution is -2.25. The van der Waals surface area contributed by atoms with Crippen molar-refractivity contribution in [2.24, 2.45) is 0 Å². The number of aryl methyl sites for hydroxylation is 1. The van der Waals surface area contributed by atoms with Crippen molar-refractivity contribution >= 4 is 40.2 Å². The Balaban J connectivity index is 1.47. The number of fused-ring (bicyclic) bond motifs is 2. The third-order valence-corrected chi connectivity index (χ3v) is 5.60. The number of nitrogens with zero attached hydrogens (tertiary/aromatic N) is 4. The molecule has 2 amide bonds. The Hall–Kier alpha value is -3.85. The zero-order valence-corrected chi connectivity index (χ0v) is 19.5. The van der Waals surface area contributed by atoms with Gasteiger partial charge in [0.1, 0.15) is 5.82 Å². The van der Waals surface area contributed by atoms with E-state index in [1.807, 2.05) is 37.2 Å². The molecule has 0 saturated carbocycles. The van der Waals surface area contributed by atoms with Gasteiger partial charge in [0.2, 0.25) is 11.9 Å². The maximum absolute atomic E-state index is 12.4. The minimum atomic E-state index is -0.488. The molecule has 0 spiro atoms. The van der Waals surface area contributed by atoms with E-state index in [1.54, 1.807) is 12.4 Å². The number of carbonyl (C=O) groups is 2. The summed E-state index contributed by atoms with van der Waals surface area (Å²) in [5.74, 6) is -0.0849. The summed E-state index contributed by atoms with van der Waals surface area (Å²) in [6.07, 6.45) is 9.77. The van der Waals surface area contributed by atoms with Crippen LogP contribution in [0.3, 0.4) is 0 Å². The lowest BCUT2D eigenvalue weighted by molar-refractivity contribution is -0.117. The minimum absolute atomic E-state index is 0.136. The maximum Gasteiger partial charge on any atom is 0.250 e. The van der Waals surface area contributed by atoms with Crippen LogP contribution in [0, 0.1) is 0 Å². The summed E-state index contributed by atoms with van der Waals surface area (Å²) in [5, 5.41) is 9.64. The van der Waals surface area contributed by atoms with E-state index in [0.717, 1.165) is 43.3 Å². The van der Waals surface area contributed by atoms with Gasteiger partial charge < -0.3 is 15.5 Å². The summed E-state index contributed by atoms with van der Waals surface area (Å²) in [5.41, 5.74) is 4.26. The van der Waals surface area contributed by atoms with Crippen LogP contribution in [0.15, 0.2) is 48.8 Å². The molecule has 0 bridgehead atoms. The first-order chi connectivity index (χ1) is 16.5. The highest BCUT2D eigenvalue weighted by molar-refractivity contribution is 6.03. The summed E-state index contributed by atoms with van der Waals surface area (Å²) in [4.78, 5) is 39.5. The molecule has 3 N–H and O–H groups in total. The highest BCUT2D eigenvalue weighted by Crippen LogP contribution is 2.32. The highest BCUT2D eigenvalue weighted by atomic mass is 16.2. The van der Waals surface area contributed by atoms with Crippen LogP contribution in [0.25, 0.3) is 10.9 Å². The second kappa shape index (κ2) is 10.8. The molecule has 2 heterocycles. The molecule has 176 valence electrons. The number of pyridine rings is 1. The number of benzene rings is 1. The Bertz CT molecular complexity index is 1220. The minimum Gasteiger partial charge on any atom is -0.353 e. The molecule has 4 rings (SSSR count). The number of hydrogen-bond donors (Lipinski definition) is 3. The summed E-state index contributed by atoms with van der Waals surface area (Å²) < 4.78 is 0. The van der Waals surface area contributed by atoms with Gasteiger partial charge >= 0.3 is 0 Å². The molecule has 0 unspecified atom stereocenters. The standard InChI is InChI=1S/C25H29N7O2/c1-32(2)15-5-13-27-22(33)10-11-23(34)30-25-29-21-16-26-14-12-19(21)24(31-25)28-20-9-4-7-17-6-3-8-18(17)20/h4,7,9-12,14,16H,3,5-6,8,13,15H2,1-2H3,(H,27,33)(H2,28,29,30,31,34). The molecule has 1 aromatic carbocycles. The Labute approximate surface area is 198 Å². The van der Waals surface area contributed by atoms with Crippen LogP contribution in [-0.4, -0.2) is 58.9 Å². The quantitative estimate of drug-likeness (QED) is 0.333. The molecular formula is C25H29N7O2. The molecule has 0 fully saturated rings. The van der Waals surface area contributed by atoms with E-state index in [4.69, 9.17) is 0 Å². The monoisotopic (exact) mass is 459 g/mol. The predicted octanol–water partition coefficient (Wildman–Crippen LogP) is 2.82. The van der Waals surface area contributed by atoms with Crippen molar-refractivity contribution in [1.82, 2.24) is 25.2 Å². The van der Waals surface area contributed by atoms with Gasteiger partial charge in [-0.1, -0.05) is 12.1 Å². The third kappa shape index (κ3) is 5.93. The fourth-order valence-electron chi connectivity index (χ4n) is 3.97. The molecule has 9 heteroatoms. The normalized spacial score (nSPS) is 12.8. The van der Waals surface area contributed by atoms with Crippen LogP contribution in [0.1, 0.15) is 24.0 Å². The van der Waals surface area contributed by atoms with Crippen molar-refractivity contribution in [2.75, 3.05) is 37.8 Å². The van der Waals surface area contributed by atoms with Crippen molar-refractivity contribution < 1.29 is 9.59 Å². The van der Waals surface area contributed by atoms with Gasteiger partial charge in [0.25, 0.3) is 5.91 Å². The molecular weight excluding hydrogens is 430 g/mol. The van der Waals surface area contributed by atoms with Gasteiger partial charge in [0, 0.05) is 36.0 Å². The summed E-state index contributed by atoms with van der Waals surface area (Å²) in [6.45, 7) is 1.42. The Morgan fingerprint density at radius 3 is 2.79 bits per heavy atom. The van der Waals surface area contributed by atoms with Crippen LogP contribution in [0.2, 0.25) is 0 Å². The van der Waals surface area contributed by atoms with Gasteiger partial charge in [-0.2, -0.15) is 4.98 Å². The second-order valence-electron chi connectivity index (χ2n) is 8.48. The number of carbonyl (C=O) groups excluding carboxylic acids is 2. The zero-order chi connectivity index (χ0) is 23.9. The van der Waals surface area contributed by atoms with Crippen LogP contribution >= 0.6 is 0 Å². The fourth-order valence-corrected chi connectivity index (χ4v) is 3.97. The highest BCUT2D eigenvalue weighted by Gasteiger charge is 2.16. The SMILES string of the molecule is CN(C)CCCNC(=O)C=CC(=O)Nc1nc(Nc2cccc3c2CCC3)c2ccncc2n1. The van der Waals surface area contributed by atoms with Gasteiger partial charge in [-0.15, -0.1) is 0 Å². The average Bonchev–Trinajstić information content (AvgIpc) is 3.30. The number of aromatic nitrogens is 3. The zero-order valence-electron chi connectivity index (χ0n) is 19.5. The lowest BCUT2D eigenvalue weighted by atomic mass is 10.1. The van der Waals surface area contributed by atoms with E-state index in [9.17, 15) is 9.59 Å². The van der Waals surface area contributed by atoms with Gasteiger partial charge in [-0.05, 0) is 69.6 Å². The van der Waals surface area contributed by atoms with E-state index < -0.39 is 5.91 Å². The summed E-state index contributed by atoms with van der Waals surface area (Å²) in [6, 6.07) is 8.08. The molecule has 0 atom stereocenters. The van der Waals surface area contributed by atoms with Gasteiger partial charge in [-0.3, -0.25) is 19.9 Å². The Morgan fingerprint density at radius 1 is 1.09 bits per heavy atom. The van der Waals surface area contributed by atoms with Crippen molar-refractivity contribution in [1.29, 1.82) is 0 Å². The molecule has 2 aromatic heterocycles. The predicted molar refractivity (Wildman–Crippen MR) is 133 cm³/mol. The first-order valence-electron chi connectivity index (χ1n) is 11.4. The van der Waals surface area contributed by atoms with E-state index >= 15 is 0 Å². The summed E-state index contributed by atoms with van der Waals surface area (Å²) >= 11 is 0. The molecule has 0 aliphatic heterocycles. The fraction of sp³-hybridized carbons (Fsp3) is 0.320. The first-order valence-corrected chi connectivity index (χ1v) is 11.4. The van der Waals surface area contributed by atoms with Crippen molar-refractivity contribution in [3.8, 4) is 0 Å². The molecule has 1 aliphatic carbocycles. The molecule has 0 saturated heterocycles. The largest absolute Gasteiger partial charge is 0.353 e. The number of amides is 2. The molecule has 34 heavy (non-hydrogen) atoms.